The topological polar surface area (TPSA) is 69.6 Å². The summed E-state index contributed by atoms with van der Waals surface area (Å²) in [6.45, 7) is 2.74. The van der Waals surface area contributed by atoms with E-state index in [4.69, 9.17) is 5.73 Å². The van der Waals surface area contributed by atoms with Gasteiger partial charge in [-0.25, -0.2) is 15.0 Å². The number of fused-ring (bicyclic) bond motifs is 1. The second-order valence-electron chi connectivity index (χ2n) is 4.14. The average Bonchev–Trinajstić information content (AvgIpc) is 2.77. The van der Waals surface area contributed by atoms with E-state index in [1.54, 1.807) is 6.33 Å². The summed E-state index contributed by atoms with van der Waals surface area (Å²) in [5, 5.41) is 0. The molecule has 1 aromatic carbocycles. The molecule has 0 saturated carbocycles. The molecule has 89 valence electrons. The van der Waals surface area contributed by atoms with Crippen molar-refractivity contribution in [2.24, 2.45) is 0 Å². The van der Waals surface area contributed by atoms with Crippen LogP contribution in [0.4, 0.5) is 5.82 Å². The van der Waals surface area contributed by atoms with Gasteiger partial charge in [-0.1, -0.05) is 18.2 Å². The number of rotatable bonds is 2. The number of aryl methyl sites for hydroxylation is 1. The fraction of sp³-hybridized carbons (Fsp3) is 0.154. The largest absolute Gasteiger partial charge is 0.382 e. The summed E-state index contributed by atoms with van der Waals surface area (Å²) < 4.78 is 1.95. The first-order valence-electron chi connectivity index (χ1n) is 5.63. The van der Waals surface area contributed by atoms with Gasteiger partial charge in [0.25, 0.3) is 0 Å². The summed E-state index contributed by atoms with van der Waals surface area (Å²) in [7, 11) is 0. The molecule has 3 aromatic rings. The first kappa shape index (κ1) is 10.7. The molecule has 0 aliphatic heterocycles. The van der Waals surface area contributed by atoms with Crippen molar-refractivity contribution in [3.63, 3.8) is 0 Å². The summed E-state index contributed by atoms with van der Waals surface area (Å²) in [6.07, 6.45) is 3.19. The summed E-state index contributed by atoms with van der Waals surface area (Å²) in [5.41, 5.74) is 9.47. The van der Waals surface area contributed by atoms with E-state index in [2.05, 4.69) is 34.0 Å². The fourth-order valence-corrected chi connectivity index (χ4v) is 1.91. The molecule has 0 atom stereocenters. The highest BCUT2D eigenvalue weighted by Crippen LogP contribution is 2.16. The molecule has 0 bridgehead atoms. The lowest BCUT2D eigenvalue weighted by Crippen LogP contribution is -2.02. The number of nitrogen functional groups attached to an aromatic ring is 1. The Morgan fingerprint density at radius 1 is 1.33 bits per heavy atom. The molecule has 5 nitrogen and oxygen atoms in total. The second kappa shape index (κ2) is 4.10. The molecule has 0 amide bonds. The van der Waals surface area contributed by atoms with Crippen LogP contribution in [-0.4, -0.2) is 19.5 Å². The van der Waals surface area contributed by atoms with E-state index >= 15 is 0 Å². The lowest BCUT2D eigenvalue weighted by Gasteiger charge is -2.06. The molecule has 2 aromatic heterocycles. The van der Waals surface area contributed by atoms with Crippen LogP contribution in [0.3, 0.4) is 0 Å². The molecule has 18 heavy (non-hydrogen) atoms. The van der Waals surface area contributed by atoms with E-state index in [1.165, 1.54) is 11.9 Å². The molecular weight excluding hydrogens is 226 g/mol. The molecule has 2 N–H and O–H groups in total. The Labute approximate surface area is 104 Å². The number of benzene rings is 1. The van der Waals surface area contributed by atoms with Gasteiger partial charge in [0.2, 0.25) is 0 Å². The fourth-order valence-electron chi connectivity index (χ4n) is 1.91. The highest BCUT2D eigenvalue weighted by Gasteiger charge is 2.08. The Balaban J connectivity index is 2.06. The zero-order valence-electron chi connectivity index (χ0n) is 9.96. The van der Waals surface area contributed by atoms with Gasteiger partial charge in [-0.2, -0.15) is 0 Å². The molecule has 0 unspecified atom stereocenters. The number of imidazole rings is 1. The molecule has 2 heterocycles. The van der Waals surface area contributed by atoms with E-state index in [1.807, 2.05) is 16.7 Å². The number of hydrogen-bond donors (Lipinski definition) is 1. The Morgan fingerprint density at radius 2 is 2.22 bits per heavy atom. The molecule has 0 aliphatic carbocycles. The average molecular weight is 238 g/mol. The molecule has 0 aliphatic rings. The summed E-state index contributed by atoms with van der Waals surface area (Å²) in [5.74, 6) is 0.410. The van der Waals surface area contributed by atoms with Gasteiger partial charge in [0.05, 0.1) is 12.9 Å². The van der Waals surface area contributed by atoms with Crippen LogP contribution >= 0.6 is 0 Å². The lowest BCUT2D eigenvalue weighted by atomic mass is 10.1. The quantitative estimate of drug-likeness (QED) is 0.735. The monoisotopic (exact) mass is 238 g/mol. The standard InChI is InChI=1S/C13H12N5/c1-9-4-2-3-5-10(9)6-18-8-17-11-12(14)15-7-16-13(11)18/h2-4,7-8H,6H2,1H3,(H2,14,15,16). The molecule has 3 rings (SSSR count). The first-order valence-corrected chi connectivity index (χ1v) is 5.63. The second-order valence-corrected chi connectivity index (χ2v) is 4.14. The molecular formula is C13H12N5. The minimum absolute atomic E-state index is 0.410. The van der Waals surface area contributed by atoms with Crippen molar-refractivity contribution in [3.05, 3.63) is 48.0 Å². The van der Waals surface area contributed by atoms with E-state index < -0.39 is 0 Å². The van der Waals surface area contributed by atoms with E-state index in [-0.39, 0.29) is 0 Å². The predicted molar refractivity (Wildman–Crippen MR) is 68.9 cm³/mol. The van der Waals surface area contributed by atoms with Crippen LogP contribution in [0, 0.1) is 13.0 Å². The normalized spacial score (nSPS) is 10.9. The maximum atomic E-state index is 5.76. The SMILES string of the molecule is Cc1ccc[c]c1Cn1cnc2c(N)ncnc21. The van der Waals surface area contributed by atoms with Crippen LogP contribution in [0.25, 0.3) is 11.2 Å². The van der Waals surface area contributed by atoms with Crippen LogP contribution < -0.4 is 5.73 Å². The summed E-state index contributed by atoms with van der Waals surface area (Å²) >= 11 is 0. The zero-order valence-corrected chi connectivity index (χ0v) is 9.96. The van der Waals surface area contributed by atoms with Crippen molar-refractivity contribution < 1.29 is 0 Å². The Hall–Kier alpha value is -2.43. The third-order valence-electron chi connectivity index (χ3n) is 2.93. The van der Waals surface area contributed by atoms with Crippen LogP contribution in [-0.2, 0) is 6.54 Å². The predicted octanol–water partition coefficient (Wildman–Crippen LogP) is 1.57. The van der Waals surface area contributed by atoms with Gasteiger partial charge in [0, 0.05) is 0 Å². The maximum absolute atomic E-state index is 5.76. The van der Waals surface area contributed by atoms with Gasteiger partial charge in [0.1, 0.15) is 11.8 Å². The summed E-state index contributed by atoms with van der Waals surface area (Å²) in [6, 6.07) is 9.18. The van der Waals surface area contributed by atoms with E-state index in [0.717, 1.165) is 11.2 Å². The Kier molecular flexibility index (Phi) is 2.44. The van der Waals surface area contributed by atoms with Crippen molar-refractivity contribution in [1.82, 2.24) is 19.5 Å². The zero-order chi connectivity index (χ0) is 12.5. The number of nitrogens with zero attached hydrogens (tertiary/aromatic N) is 4. The van der Waals surface area contributed by atoms with Crippen LogP contribution in [0.15, 0.2) is 30.9 Å². The van der Waals surface area contributed by atoms with Crippen LogP contribution in [0.2, 0.25) is 0 Å². The third-order valence-corrected chi connectivity index (χ3v) is 2.93. The van der Waals surface area contributed by atoms with Crippen molar-refractivity contribution in [3.8, 4) is 0 Å². The first-order chi connectivity index (χ1) is 8.75. The third kappa shape index (κ3) is 1.69. The molecule has 5 heteroatoms. The number of aromatic nitrogens is 4. The molecule has 0 saturated heterocycles. The summed E-state index contributed by atoms with van der Waals surface area (Å²) in [4.78, 5) is 12.4. The highest BCUT2D eigenvalue weighted by atomic mass is 15.1. The Bertz CT molecular complexity index is 701. The number of anilines is 1. The molecule has 1 radical (unpaired) electrons. The number of hydrogen-bond acceptors (Lipinski definition) is 4. The molecule has 0 spiro atoms. The van der Waals surface area contributed by atoms with Gasteiger partial charge in [-0.15, -0.1) is 0 Å². The van der Waals surface area contributed by atoms with Crippen molar-refractivity contribution >= 4 is 17.0 Å². The Morgan fingerprint density at radius 3 is 3.06 bits per heavy atom. The smallest absolute Gasteiger partial charge is 0.165 e. The van der Waals surface area contributed by atoms with Crippen molar-refractivity contribution in [2.45, 2.75) is 13.5 Å². The van der Waals surface area contributed by atoms with E-state index in [0.29, 0.717) is 17.9 Å². The van der Waals surface area contributed by atoms with Gasteiger partial charge in [-0.05, 0) is 24.1 Å². The number of nitrogens with two attached hydrogens (primary N) is 1. The highest BCUT2D eigenvalue weighted by molar-refractivity contribution is 5.81. The van der Waals surface area contributed by atoms with E-state index in [9.17, 15) is 0 Å². The van der Waals surface area contributed by atoms with Gasteiger partial charge in [0.15, 0.2) is 11.5 Å². The van der Waals surface area contributed by atoms with Gasteiger partial charge < -0.3 is 10.3 Å². The van der Waals surface area contributed by atoms with Gasteiger partial charge in [-0.3, -0.25) is 0 Å². The lowest BCUT2D eigenvalue weighted by molar-refractivity contribution is 0.806. The van der Waals surface area contributed by atoms with Gasteiger partial charge >= 0.3 is 0 Å². The van der Waals surface area contributed by atoms with Crippen LogP contribution in [0.5, 0.6) is 0 Å². The minimum Gasteiger partial charge on any atom is -0.382 e. The van der Waals surface area contributed by atoms with Crippen LogP contribution in [0.1, 0.15) is 11.1 Å². The van der Waals surface area contributed by atoms with Crippen molar-refractivity contribution in [2.75, 3.05) is 5.73 Å². The minimum atomic E-state index is 0.410. The molecule has 0 fully saturated rings. The van der Waals surface area contributed by atoms with Crippen molar-refractivity contribution in [1.29, 1.82) is 0 Å². The maximum Gasteiger partial charge on any atom is 0.165 e.